The normalized spacial score (nSPS) is 12.5. The smallest absolute Gasteiger partial charge is 0.320 e. The summed E-state index contributed by atoms with van der Waals surface area (Å²) in [7, 11) is 0. The van der Waals surface area contributed by atoms with Crippen molar-refractivity contribution in [1.82, 2.24) is 0 Å². The summed E-state index contributed by atoms with van der Waals surface area (Å²) in [6, 6.07) is 4.72. The van der Waals surface area contributed by atoms with Crippen molar-refractivity contribution in [3.05, 3.63) is 32.7 Å². The topological polar surface area (TPSA) is 63.3 Å². The zero-order chi connectivity index (χ0) is 10.7. The molecule has 0 heterocycles. The van der Waals surface area contributed by atoms with E-state index in [0.717, 1.165) is 14.5 Å². The number of carbonyl (C=O) groups is 1. The van der Waals surface area contributed by atoms with E-state index in [2.05, 4.69) is 31.9 Å². The van der Waals surface area contributed by atoms with E-state index in [4.69, 9.17) is 10.8 Å². The highest BCUT2D eigenvalue weighted by molar-refractivity contribution is 9.11. The standard InChI is InChI=1S/C9H9Br2NO2/c10-6-1-2-7(11)5(3-6)4-8(12)9(13)14/h1-3,8H,4,12H2,(H,13,14). The molecule has 0 saturated heterocycles. The molecule has 0 radical (unpaired) electrons. The molecule has 0 aliphatic carbocycles. The van der Waals surface area contributed by atoms with Gasteiger partial charge >= 0.3 is 5.97 Å². The first-order valence-corrected chi connectivity index (χ1v) is 5.51. The minimum Gasteiger partial charge on any atom is -0.480 e. The summed E-state index contributed by atoms with van der Waals surface area (Å²) in [6.45, 7) is 0. The molecule has 3 N–H and O–H groups in total. The Morgan fingerprint density at radius 2 is 2.14 bits per heavy atom. The number of rotatable bonds is 3. The van der Waals surface area contributed by atoms with Crippen LogP contribution in [-0.4, -0.2) is 17.1 Å². The summed E-state index contributed by atoms with van der Waals surface area (Å²) in [5.41, 5.74) is 6.32. The molecule has 1 rings (SSSR count). The van der Waals surface area contributed by atoms with Crippen LogP contribution >= 0.6 is 31.9 Å². The fourth-order valence-corrected chi connectivity index (χ4v) is 1.84. The Morgan fingerprint density at radius 1 is 1.50 bits per heavy atom. The fraction of sp³-hybridized carbons (Fsp3) is 0.222. The van der Waals surface area contributed by atoms with Crippen molar-refractivity contribution in [2.24, 2.45) is 5.73 Å². The van der Waals surface area contributed by atoms with E-state index in [-0.39, 0.29) is 0 Å². The number of nitrogens with two attached hydrogens (primary N) is 1. The molecule has 1 aromatic rings. The summed E-state index contributed by atoms with van der Waals surface area (Å²) in [4.78, 5) is 10.5. The third-order valence-electron chi connectivity index (χ3n) is 1.76. The molecular weight excluding hydrogens is 314 g/mol. The molecule has 5 heteroatoms. The van der Waals surface area contributed by atoms with Gasteiger partial charge in [-0.1, -0.05) is 31.9 Å². The van der Waals surface area contributed by atoms with Crippen molar-refractivity contribution in [3.63, 3.8) is 0 Å². The van der Waals surface area contributed by atoms with Crippen molar-refractivity contribution < 1.29 is 9.90 Å². The minimum absolute atomic E-state index is 0.315. The van der Waals surface area contributed by atoms with Crippen LogP contribution in [0.3, 0.4) is 0 Å². The van der Waals surface area contributed by atoms with Gasteiger partial charge in [0.1, 0.15) is 6.04 Å². The molecule has 1 atom stereocenters. The number of halogens is 2. The lowest BCUT2D eigenvalue weighted by molar-refractivity contribution is -0.138. The van der Waals surface area contributed by atoms with E-state index >= 15 is 0 Å². The molecule has 0 fully saturated rings. The lowest BCUT2D eigenvalue weighted by Gasteiger charge is -2.08. The summed E-state index contributed by atoms with van der Waals surface area (Å²) in [6.07, 6.45) is 0.315. The maximum Gasteiger partial charge on any atom is 0.320 e. The predicted octanol–water partition coefficient (Wildman–Crippen LogP) is 2.17. The summed E-state index contributed by atoms with van der Waals surface area (Å²) in [5, 5.41) is 8.65. The highest BCUT2D eigenvalue weighted by atomic mass is 79.9. The lowest BCUT2D eigenvalue weighted by Crippen LogP contribution is -2.32. The van der Waals surface area contributed by atoms with E-state index in [9.17, 15) is 4.79 Å². The van der Waals surface area contributed by atoms with E-state index < -0.39 is 12.0 Å². The van der Waals surface area contributed by atoms with Crippen molar-refractivity contribution in [2.45, 2.75) is 12.5 Å². The summed E-state index contributed by atoms with van der Waals surface area (Å²) in [5.74, 6) is -0.989. The second-order valence-corrected chi connectivity index (χ2v) is 4.65. The molecular formula is C9H9Br2NO2. The van der Waals surface area contributed by atoms with Gasteiger partial charge in [0.25, 0.3) is 0 Å². The first kappa shape index (κ1) is 11.7. The van der Waals surface area contributed by atoms with E-state index in [1.807, 2.05) is 18.2 Å². The molecule has 76 valence electrons. The first-order valence-electron chi connectivity index (χ1n) is 3.93. The number of benzene rings is 1. The van der Waals surface area contributed by atoms with Crippen LogP contribution in [0.4, 0.5) is 0 Å². The number of hydrogen-bond donors (Lipinski definition) is 2. The third-order valence-corrected chi connectivity index (χ3v) is 3.03. The maximum absolute atomic E-state index is 10.5. The molecule has 1 aromatic carbocycles. The Morgan fingerprint density at radius 3 is 2.71 bits per heavy atom. The second-order valence-electron chi connectivity index (χ2n) is 2.88. The molecule has 1 unspecified atom stereocenters. The van der Waals surface area contributed by atoms with Gasteiger partial charge in [0, 0.05) is 8.95 Å². The Balaban J connectivity index is 2.85. The van der Waals surface area contributed by atoms with Crippen LogP contribution in [0, 0.1) is 0 Å². The molecule has 0 amide bonds. The molecule has 14 heavy (non-hydrogen) atoms. The van der Waals surface area contributed by atoms with Gasteiger partial charge < -0.3 is 10.8 Å². The van der Waals surface area contributed by atoms with Crippen LogP contribution in [0.15, 0.2) is 27.1 Å². The predicted molar refractivity (Wildman–Crippen MR) is 61.2 cm³/mol. The Bertz CT molecular complexity index is 355. The average molecular weight is 323 g/mol. The van der Waals surface area contributed by atoms with Gasteiger partial charge in [0.2, 0.25) is 0 Å². The average Bonchev–Trinajstić information content (AvgIpc) is 2.11. The number of hydrogen-bond acceptors (Lipinski definition) is 2. The molecule has 0 aliphatic rings. The van der Waals surface area contributed by atoms with Crippen molar-refractivity contribution in [2.75, 3.05) is 0 Å². The Hall–Kier alpha value is -0.390. The monoisotopic (exact) mass is 321 g/mol. The van der Waals surface area contributed by atoms with E-state index in [1.165, 1.54) is 0 Å². The van der Waals surface area contributed by atoms with Crippen LogP contribution in [-0.2, 0) is 11.2 Å². The van der Waals surface area contributed by atoms with Gasteiger partial charge in [-0.15, -0.1) is 0 Å². The number of carboxylic acid groups (broad SMARTS) is 1. The van der Waals surface area contributed by atoms with Gasteiger partial charge in [-0.3, -0.25) is 4.79 Å². The SMILES string of the molecule is NC(Cc1cc(Br)ccc1Br)C(=O)O. The van der Waals surface area contributed by atoms with Crippen molar-refractivity contribution >= 4 is 37.8 Å². The van der Waals surface area contributed by atoms with Gasteiger partial charge in [0.15, 0.2) is 0 Å². The first-order chi connectivity index (χ1) is 6.50. The Kier molecular flexibility index (Phi) is 4.10. The largest absolute Gasteiger partial charge is 0.480 e. The van der Waals surface area contributed by atoms with E-state index in [0.29, 0.717) is 6.42 Å². The fourth-order valence-electron chi connectivity index (χ4n) is 1.02. The summed E-state index contributed by atoms with van der Waals surface area (Å²) < 4.78 is 1.78. The van der Waals surface area contributed by atoms with Crippen LogP contribution < -0.4 is 5.73 Å². The molecule has 3 nitrogen and oxygen atoms in total. The minimum atomic E-state index is -0.989. The Labute approximate surface area is 98.6 Å². The molecule has 0 aliphatic heterocycles. The summed E-state index contributed by atoms with van der Waals surface area (Å²) >= 11 is 6.65. The van der Waals surface area contributed by atoms with Crippen LogP contribution in [0.5, 0.6) is 0 Å². The van der Waals surface area contributed by atoms with Crippen molar-refractivity contribution in [3.8, 4) is 0 Å². The van der Waals surface area contributed by atoms with Crippen molar-refractivity contribution in [1.29, 1.82) is 0 Å². The van der Waals surface area contributed by atoms with Gasteiger partial charge in [-0.05, 0) is 30.2 Å². The highest BCUT2D eigenvalue weighted by Crippen LogP contribution is 2.22. The van der Waals surface area contributed by atoms with Gasteiger partial charge in [-0.25, -0.2) is 0 Å². The lowest BCUT2D eigenvalue weighted by atomic mass is 10.1. The zero-order valence-corrected chi connectivity index (χ0v) is 10.4. The van der Waals surface area contributed by atoms with Gasteiger partial charge in [0.05, 0.1) is 0 Å². The number of aliphatic carboxylic acids is 1. The molecule has 0 aromatic heterocycles. The number of carboxylic acids is 1. The third kappa shape index (κ3) is 3.08. The molecule has 0 bridgehead atoms. The quantitative estimate of drug-likeness (QED) is 0.896. The second kappa shape index (κ2) is 4.91. The van der Waals surface area contributed by atoms with Gasteiger partial charge in [-0.2, -0.15) is 0 Å². The van der Waals surface area contributed by atoms with Crippen LogP contribution in [0.25, 0.3) is 0 Å². The molecule has 0 spiro atoms. The zero-order valence-electron chi connectivity index (χ0n) is 7.21. The van der Waals surface area contributed by atoms with Crippen LogP contribution in [0.1, 0.15) is 5.56 Å². The van der Waals surface area contributed by atoms with Crippen LogP contribution in [0.2, 0.25) is 0 Å². The maximum atomic E-state index is 10.5. The van der Waals surface area contributed by atoms with E-state index in [1.54, 1.807) is 0 Å². The molecule has 0 saturated carbocycles. The highest BCUT2D eigenvalue weighted by Gasteiger charge is 2.13.